The number of carbonyl (C=O) groups is 1. The lowest BCUT2D eigenvalue weighted by molar-refractivity contribution is -0.268. The van der Waals surface area contributed by atoms with Crippen molar-refractivity contribution < 1.29 is 28.2 Å². The lowest BCUT2D eigenvalue weighted by atomic mass is 9.84. The summed E-state index contributed by atoms with van der Waals surface area (Å²) in [5, 5.41) is 19.1. The number of aliphatic hydroxyl groups is 1. The van der Waals surface area contributed by atoms with Gasteiger partial charge >= 0.3 is 12.1 Å². The molecule has 1 fully saturated rings. The molecule has 4 N–H and O–H groups in total. The zero-order valence-corrected chi connectivity index (χ0v) is 16.4. The Morgan fingerprint density at radius 3 is 2.46 bits per heavy atom. The molecule has 0 radical (unpaired) electrons. The van der Waals surface area contributed by atoms with Gasteiger partial charge in [0.1, 0.15) is 6.04 Å². The van der Waals surface area contributed by atoms with Crippen LogP contribution in [-0.4, -0.2) is 44.9 Å². The first-order valence-electron chi connectivity index (χ1n) is 9.47. The predicted octanol–water partition coefficient (Wildman–Crippen LogP) is 3.80. The van der Waals surface area contributed by atoms with Crippen LogP contribution < -0.4 is 5.73 Å². The molecule has 158 valence electrons. The number of hydrogen-bond acceptors (Lipinski definition) is 5. The second-order valence-electron chi connectivity index (χ2n) is 7.27. The van der Waals surface area contributed by atoms with Crippen molar-refractivity contribution in [3.05, 3.63) is 29.6 Å². The zero-order valence-electron chi connectivity index (χ0n) is 15.6. The van der Waals surface area contributed by atoms with Crippen LogP contribution in [0.15, 0.2) is 18.3 Å². The van der Waals surface area contributed by atoms with Crippen LogP contribution in [0.3, 0.4) is 0 Å². The molecule has 0 spiro atoms. The Morgan fingerprint density at radius 2 is 1.93 bits per heavy atom. The van der Waals surface area contributed by atoms with E-state index in [1.807, 2.05) is 0 Å². The van der Waals surface area contributed by atoms with Crippen molar-refractivity contribution in [1.29, 1.82) is 0 Å². The van der Waals surface area contributed by atoms with Crippen LogP contribution in [0, 0.1) is 0 Å². The minimum atomic E-state index is -4.86. The van der Waals surface area contributed by atoms with Gasteiger partial charge in [-0.1, -0.05) is 25.3 Å². The van der Waals surface area contributed by atoms with E-state index in [-0.39, 0.29) is 12.2 Å². The summed E-state index contributed by atoms with van der Waals surface area (Å²) in [6.07, 6.45) is 1.64. The highest BCUT2D eigenvalue weighted by Crippen LogP contribution is 2.42. The fraction of sp³-hybridized carbons (Fsp3) is 0.684. The Morgan fingerprint density at radius 1 is 1.25 bits per heavy atom. The molecule has 1 heterocycles. The number of alkyl halides is 3. The van der Waals surface area contributed by atoms with Gasteiger partial charge in [0.2, 0.25) is 5.60 Å². The summed E-state index contributed by atoms with van der Waals surface area (Å²) < 4.78 is 40.8. The average molecular weight is 420 g/mol. The lowest BCUT2D eigenvalue weighted by Crippen LogP contribution is -2.43. The first-order valence-corrected chi connectivity index (χ1v) is 10.6. The van der Waals surface area contributed by atoms with Crippen molar-refractivity contribution in [2.45, 2.75) is 68.7 Å². The number of carboxylic acid groups (broad SMARTS) is 1. The van der Waals surface area contributed by atoms with Gasteiger partial charge in [-0.05, 0) is 54.7 Å². The smallest absolute Gasteiger partial charge is 0.423 e. The number of hydrogen-bond donors (Lipinski definition) is 3. The maximum absolute atomic E-state index is 13.6. The largest absolute Gasteiger partial charge is 0.480 e. The number of pyridine rings is 1. The number of aromatic nitrogens is 1. The molecule has 1 aromatic heterocycles. The van der Waals surface area contributed by atoms with Gasteiger partial charge in [0.15, 0.2) is 0 Å². The van der Waals surface area contributed by atoms with E-state index in [1.165, 1.54) is 18.7 Å². The summed E-state index contributed by atoms with van der Waals surface area (Å²) in [6.45, 7) is 0. The third kappa shape index (κ3) is 5.84. The minimum absolute atomic E-state index is 0.00834. The van der Waals surface area contributed by atoms with Gasteiger partial charge in [-0.25, -0.2) is 0 Å². The van der Waals surface area contributed by atoms with E-state index in [2.05, 4.69) is 4.98 Å². The highest BCUT2D eigenvalue weighted by Gasteiger charge is 2.55. The molecule has 0 saturated heterocycles. The SMILES string of the molecule is NC(CCSCCC(O)(c1ccc(C2CCCCC2)cn1)C(F)(F)F)C(=O)O. The molecule has 2 atom stereocenters. The third-order valence-corrected chi connectivity index (χ3v) is 6.27. The number of halogens is 3. The van der Waals surface area contributed by atoms with Gasteiger partial charge in [-0.3, -0.25) is 9.78 Å². The molecule has 1 aliphatic carbocycles. The maximum atomic E-state index is 13.6. The molecule has 2 rings (SSSR count). The van der Waals surface area contributed by atoms with Crippen LogP contribution >= 0.6 is 11.8 Å². The molecule has 0 bridgehead atoms. The molecule has 28 heavy (non-hydrogen) atoms. The highest BCUT2D eigenvalue weighted by atomic mass is 32.2. The fourth-order valence-corrected chi connectivity index (χ4v) is 4.46. The molecule has 9 heteroatoms. The third-order valence-electron chi connectivity index (χ3n) is 5.25. The number of nitrogens with two attached hydrogens (primary N) is 1. The summed E-state index contributed by atoms with van der Waals surface area (Å²) >= 11 is 1.13. The molecule has 1 saturated carbocycles. The van der Waals surface area contributed by atoms with Gasteiger partial charge in [-0.2, -0.15) is 24.9 Å². The number of nitrogens with zero attached hydrogens (tertiary/aromatic N) is 1. The van der Waals surface area contributed by atoms with Crippen molar-refractivity contribution in [2.24, 2.45) is 5.73 Å². The van der Waals surface area contributed by atoms with Crippen LogP contribution in [0.25, 0.3) is 0 Å². The van der Waals surface area contributed by atoms with Crippen LogP contribution in [0.2, 0.25) is 0 Å². The lowest BCUT2D eigenvalue weighted by Gasteiger charge is -2.30. The zero-order chi connectivity index (χ0) is 20.8. The summed E-state index contributed by atoms with van der Waals surface area (Å²) in [5.41, 5.74) is 2.86. The fourth-order valence-electron chi connectivity index (χ4n) is 3.40. The van der Waals surface area contributed by atoms with Gasteiger partial charge in [0.25, 0.3) is 0 Å². The first kappa shape index (κ1) is 23.0. The van der Waals surface area contributed by atoms with Crippen LogP contribution in [0.1, 0.15) is 62.1 Å². The second-order valence-corrected chi connectivity index (χ2v) is 8.49. The Labute approximate surface area is 166 Å². The highest BCUT2D eigenvalue weighted by molar-refractivity contribution is 7.99. The molecule has 0 aliphatic heterocycles. The molecular formula is C19H27F3N2O3S. The van der Waals surface area contributed by atoms with Crippen molar-refractivity contribution in [3.8, 4) is 0 Å². The Kier molecular flexibility index (Phi) is 8.15. The van der Waals surface area contributed by atoms with E-state index in [9.17, 15) is 23.1 Å². The van der Waals surface area contributed by atoms with Gasteiger partial charge in [0.05, 0.1) is 5.69 Å². The Bertz CT molecular complexity index is 636. The normalized spacial score (nSPS) is 19.2. The molecule has 2 unspecified atom stereocenters. The Hall–Kier alpha value is -1.32. The first-order chi connectivity index (χ1) is 13.1. The molecule has 1 aromatic rings. The summed E-state index contributed by atoms with van der Waals surface area (Å²) in [4.78, 5) is 14.6. The van der Waals surface area contributed by atoms with Crippen molar-refractivity contribution >= 4 is 17.7 Å². The Balaban J connectivity index is 2.00. The number of aliphatic carboxylic acids is 1. The summed E-state index contributed by atoms with van der Waals surface area (Å²) in [5.74, 6) is -0.512. The molecule has 1 aliphatic rings. The van der Waals surface area contributed by atoms with Gasteiger partial charge < -0.3 is 15.9 Å². The monoisotopic (exact) mass is 420 g/mol. The summed E-state index contributed by atoms with van der Waals surface area (Å²) in [6, 6.07) is 1.89. The van der Waals surface area contributed by atoms with Crippen molar-refractivity contribution in [3.63, 3.8) is 0 Å². The van der Waals surface area contributed by atoms with E-state index in [0.717, 1.165) is 43.0 Å². The molecular weight excluding hydrogens is 393 g/mol. The standard InChI is InChI=1S/C19H27F3N2O3S/c20-19(21,22)18(27,9-11-28-10-8-15(23)17(25)26)16-7-6-14(12-24-16)13-4-2-1-3-5-13/h6-7,12-13,15,27H,1-5,8-11,23H2,(H,25,26). The molecule has 0 amide bonds. The number of rotatable bonds is 9. The topological polar surface area (TPSA) is 96.4 Å². The second kappa shape index (κ2) is 9.93. The number of thioether (sulfide) groups is 1. The van der Waals surface area contributed by atoms with E-state index in [1.54, 1.807) is 6.07 Å². The number of carboxylic acids is 1. The minimum Gasteiger partial charge on any atom is -0.480 e. The van der Waals surface area contributed by atoms with Crippen LogP contribution in [-0.2, 0) is 10.4 Å². The summed E-state index contributed by atoms with van der Waals surface area (Å²) in [7, 11) is 0. The molecule has 0 aromatic carbocycles. The van der Waals surface area contributed by atoms with Crippen molar-refractivity contribution in [2.75, 3.05) is 11.5 Å². The van der Waals surface area contributed by atoms with Crippen LogP contribution in [0.4, 0.5) is 13.2 Å². The van der Waals surface area contributed by atoms with Crippen LogP contribution in [0.5, 0.6) is 0 Å². The van der Waals surface area contributed by atoms with E-state index in [0.29, 0.717) is 11.7 Å². The maximum Gasteiger partial charge on any atom is 0.423 e. The van der Waals surface area contributed by atoms with Crippen molar-refractivity contribution in [1.82, 2.24) is 4.98 Å². The average Bonchev–Trinajstić information content (AvgIpc) is 2.67. The quantitative estimate of drug-likeness (QED) is 0.526. The van der Waals surface area contributed by atoms with E-state index < -0.39 is 35.9 Å². The van der Waals surface area contributed by atoms with E-state index >= 15 is 0 Å². The van der Waals surface area contributed by atoms with Gasteiger partial charge in [-0.15, -0.1) is 0 Å². The predicted molar refractivity (Wildman–Crippen MR) is 102 cm³/mol. The van der Waals surface area contributed by atoms with E-state index in [4.69, 9.17) is 10.8 Å². The van der Waals surface area contributed by atoms with Gasteiger partial charge in [0, 0.05) is 6.20 Å². The molecule has 5 nitrogen and oxygen atoms in total.